The minimum absolute atomic E-state index is 0. The first kappa shape index (κ1) is 17.5. The van der Waals surface area contributed by atoms with Crippen molar-refractivity contribution in [3.8, 4) is 5.75 Å². The number of likely N-dealkylation sites (N-methyl/N-ethyl adjacent to an activating group) is 1. The fourth-order valence-corrected chi connectivity index (χ4v) is 2.26. The summed E-state index contributed by atoms with van der Waals surface area (Å²) in [6, 6.07) is 20.5. The normalized spacial score (nSPS) is 11.8. The average Bonchev–Trinajstić information content (AvgIpc) is 2.53. The van der Waals surface area contributed by atoms with Crippen molar-refractivity contribution in [3.05, 3.63) is 66.2 Å². The first-order valence-corrected chi connectivity index (χ1v) is 7.32. The minimum atomic E-state index is 0. The zero-order valence-electron chi connectivity index (χ0n) is 12.7. The van der Waals surface area contributed by atoms with E-state index in [1.807, 2.05) is 36.4 Å². The molecule has 21 heavy (non-hydrogen) atoms. The van der Waals surface area contributed by atoms with E-state index in [1.165, 1.54) is 5.56 Å². The second-order valence-corrected chi connectivity index (χ2v) is 4.82. The molecule has 114 valence electrons. The van der Waals surface area contributed by atoms with Crippen molar-refractivity contribution >= 4 is 12.4 Å². The second kappa shape index (κ2) is 9.43. The molecule has 0 amide bonds. The zero-order chi connectivity index (χ0) is 14.2. The number of para-hydroxylation sites is 1. The number of halogens is 1. The van der Waals surface area contributed by atoms with Crippen LogP contribution in [0.2, 0.25) is 0 Å². The topological polar surface area (TPSA) is 12.5 Å². The molecule has 0 fully saturated rings. The van der Waals surface area contributed by atoms with Gasteiger partial charge in [0.2, 0.25) is 0 Å². The molecule has 0 aliphatic carbocycles. The van der Waals surface area contributed by atoms with Gasteiger partial charge in [0.05, 0.1) is 0 Å². The molecule has 0 saturated carbocycles. The molecule has 2 rings (SSSR count). The third kappa shape index (κ3) is 5.41. The van der Waals surface area contributed by atoms with Crippen LogP contribution in [0.5, 0.6) is 5.75 Å². The van der Waals surface area contributed by atoms with E-state index in [0.717, 1.165) is 25.4 Å². The van der Waals surface area contributed by atoms with Gasteiger partial charge in [0.25, 0.3) is 0 Å². The van der Waals surface area contributed by atoms with E-state index >= 15 is 0 Å². The number of hydrogen-bond acceptors (Lipinski definition) is 2. The van der Waals surface area contributed by atoms with E-state index < -0.39 is 0 Å². The molecule has 0 saturated heterocycles. The van der Waals surface area contributed by atoms with Crippen molar-refractivity contribution in [2.75, 3.05) is 19.6 Å². The summed E-state index contributed by atoms with van der Waals surface area (Å²) in [5, 5.41) is 0. The Balaban J connectivity index is 0.00000220. The molecule has 0 N–H and O–H groups in total. The molecular formula is C18H24ClNO. The summed E-state index contributed by atoms with van der Waals surface area (Å²) in [6.07, 6.45) is 0.0681. The van der Waals surface area contributed by atoms with Gasteiger partial charge >= 0.3 is 0 Å². The Kier molecular flexibility index (Phi) is 7.88. The highest BCUT2D eigenvalue weighted by molar-refractivity contribution is 5.85. The number of rotatable bonds is 7. The van der Waals surface area contributed by atoms with Crippen LogP contribution in [0.15, 0.2) is 60.7 Å². The van der Waals surface area contributed by atoms with Crippen molar-refractivity contribution in [3.63, 3.8) is 0 Å². The van der Waals surface area contributed by atoms with E-state index in [9.17, 15) is 0 Å². The minimum Gasteiger partial charge on any atom is -0.484 e. The SMILES string of the molecule is CCN(CC)CC(Oc1ccccc1)c1ccccc1.Cl. The zero-order valence-corrected chi connectivity index (χ0v) is 13.6. The first-order chi connectivity index (χ1) is 9.83. The fraction of sp³-hybridized carbons (Fsp3) is 0.333. The number of nitrogens with zero attached hydrogens (tertiary/aromatic N) is 1. The lowest BCUT2D eigenvalue weighted by molar-refractivity contribution is 0.140. The Morgan fingerprint density at radius 1 is 0.857 bits per heavy atom. The highest BCUT2D eigenvalue weighted by Crippen LogP contribution is 2.22. The smallest absolute Gasteiger partial charge is 0.136 e. The molecule has 2 nitrogen and oxygen atoms in total. The molecule has 3 heteroatoms. The Morgan fingerprint density at radius 3 is 1.90 bits per heavy atom. The Hall–Kier alpha value is -1.51. The van der Waals surface area contributed by atoms with E-state index in [0.29, 0.717) is 0 Å². The van der Waals surface area contributed by atoms with E-state index in [1.54, 1.807) is 0 Å². The van der Waals surface area contributed by atoms with Crippen molar-refractivity contribution in [2.45, 2.75) is 20.0 Å². The van der Waals surface area contributed by atoms with Crippen LogP contribution >= 0.6 is 12.4 Å². The summed E-state index contributed by atoms with van der Waals surface area (Å²) >= 11 is 0. The summed E-state index contributed by atoms with van der Waals surface area (Å²) in [7, 11) is 0. The van der Waals surface area contributed by atoms with Crippen molar-refractivity contribution < 1.29 is 4.74 Å². The predicted octanol–water partition coefficient (Wildman–Crippen LogP) is 4.57. The van der Waals surface area contributed by atoms with Crippen LogP contribution in [-0.4, -0.2) is 24.5 Å². The maximum atomic E-state index is 6.19. The molecule has 1 atom stereocenters. The monoisotopic (exact) mass is 305 g/mol. The summed E-state index contributed by atoms with van der Waals surface area (Å²) in [5.74, 6) is 0.925. The molecule has 0 aliphatic rings. The van der Waals surface area contributed by atoms with Gasteiger partial charge in [-0.25, -0.2) is 0 Å². The highest BCUT2D eigenvalue weighted by Gasteiger charge is 2.16. The summed E-state index contributed by atoms with van der Waals surface area (Å²) < 4.78 is 6.19. The van der Waals surface area contributed by atoms with Crippen LogP contribution in [0.4, 0.5) is 0 Å². The lowest BCUT2D eigenvalue weighted by atomic mass is 10.1. The van der Waals surface area contributed by atoms with Crippen LogP contribution in [0.25, 0.3) is 0 Å². The maximum Gasteiger partial charge on any atom is 0.136 e. The Labute approximate surface area is 134 Å². The standard InChI is InChI=1S/C18H23NO.ClH/c1-3-19(4-2)15-18(16-11-7-5-8-12-16)20-17-13-9-6-10-14-17;/h5-14,18H,3-4,15H2,1-2H3;1H. The van der Waals surface area contributed by atoms with E-state index in [-0.39, 0.29) is 18.5 Å². The van der Waals surface area contributed by atoms with Gasteiger partial charge in [-0.2, -0.15) is 0 Å². The molecule has 0 aromatic heterocycles. The molecule has 0 radical (unpaired) electrons. The van der Waals surface area contributed by atoms with Gasteiger partial charge in [-0.05, 0) is 30.8 Å². The van der Waals surface area contributed by atoms with Gasteiger partial charge in [-0.1, -0.05) is 62.4 Å². The number of hydrogen-bond donors (Lipinski definition) is 0. The van der Waals surface area contributed by atoms with Gasteiger partial charge < -0.3 is 4.74 Å². The van der Waals surface area contributed by atoms with E-state index in [2.05, 4.69) is 43.0 Å². The van der Waals surface area contributed by atoms with Crippen LogP contribution in [0, 0.1) is 0 Å². The molecule has 0 spiro atoms. The molecule has 1 unspecified atom stereocenters. The molecular weight excluding hydrogens is 282 g/mol. The van der Waals surface area contributed by atoms with Crippen LogP contribution in [0.1, 0.15) is 25.5 Å². The van der Waals surface area contributed by atoms with Gasteiger partial charge in [-0.3, -0.25) is 4.90 Å². The van der Waals surface area contributed by atoms with Gasteiger partial charge in [0.15, 0.2) is 0 Å². The number of benzene rings is 2. The van der Waals surface area contributed by atoms with Gasteiger partial charge in [-0.15, -0.1) is 12.4 Å². The van der Waals surface area contributed by atoms with Crippen LogP contribution in [0.3, 0.4) is 0 Å². The third-order valence-electron chi connectivity index (χ3n) is 3.51. The highest BCUT2D eigenvalue weighted by atomic mass is 35.5. The maximum absolute atomic E-state index is 6.19. The number of ether oxygens (including phenoxy) is 1. The lowest BCUT2D eigenvalue weighted by Gasteiger charge is -2.26. The summed E-state index contributed by atoms with van der Waals surface area (Å²) in [5.41, 5.74) is 1.23. The fourth-order valence-electron chi connectivity index (χ4n) is 2.26. The Bertz CT molecular complexity index is 485. The van der Waals surface area contributed by atoms with Crippen LogP contribution < -0.4 is 4.74 Å². The second-order valence-electron chi connectivity index (χ2n) is 4.82. The quantitative estimate of drug-likeness (QED) is 0.743. The molecule has 0 aliphatic heterocycles. The van der Waals surface area contributed by atoms with Gasteiger partial charge in [0, 0.05) is 6.54 Å². The predicted molar refractivity (Wildman–Crippen MR) is 91.3 cm³/mol. The Morgan fingerprint density at radius 2 is 1.38 bits per heavy atom. The molecule has 0 heterocycles. The molecule has 2 aromatic rings. The van der Waals surface area contributed by atoms with Crippen molar-refractivity contribution in [2.24, 2.45) is 0 Å². The lowest BCUT2D eigenvalue weighted by Crippen LogP contribution is -2.30. The van der Waals surface area contributed by atoms with Gasteiger partial charge in [0.1, 0.15) is 11.9 Å². The summed E-state index contributed by atoms with van der Waals surface area (Å²) in [4.78, 5) is 2.39. The van der Waals surface area contributed by atoms with Crippen molar-refractivity contribution in [1.82, 2.24) is 4.90 Å². The third-order valence-corrected chi connectivity index (χ3v) is 3.51. The largest absolute Gasteiger partial charge is 0.484 e. The van der Waals surface area contributed by atoms with Crippen molar-refractivity contribution in [1.29, 1.82) is 0 Å². The average molecular weight is 306 g/mol. The van der Waals surface area contributed by atoms with Crippen LogP contribution in [-0.2, 0) is 0 Å². The summed E-state index contributed by atoms with van der Waals surface area (Å²) in [6.45, 7) is 7.37. The molecule has 2 aromatic carbocycles. The molecule has 0 bridgehead atoms. The first-order valence-electron chi connectivity index (χ1n) is 7.32. The van der Waals surface area contributed by atoms with E-state index in [4.69, 9.17) is 4.74 Å².